The Hall–Kier alpha value is -2.96. The molecule has 1 aromatic heterocycles. The summed E-state index contributed by atoms with van der Waals surface area (Å²) in [4.78, 5) is 39.3. The van der Waals surface area contributed by atoms with E-state index in [0.717, 1.165) is 25.7 Å². The fourth-order valence-electron chi connectivity index (χ4n) is 3.21. The fraction of sp³-hybridized carbons (Fsp3) is 0.350. The van der Waals surface area contributed by atoms with E-state index in [1.807, 2.05) is 0 Å². The van der Waals surface area contributed by atoms with Crippen molar-refractivity contribution < 1.29 is 14.0 Å². The number of nitrogens with zero attached hydrogens (tertiary/aromatic N) is 2. The van der Waals surface area contributed by atoms with Crippen molar-refractivity contribution >= 4 is 17.5 Å². The molecule has 0 saturated carbocycles. The van der Waals surface area contributed by atoms with Crippen LogP contribution in [0.25, 0.3) is 0 Å². The Kier molecular flexibility index (Phi) is 5.69. The third-order valence-corrected chi connectivity index (χ3v) is 4.69. The van der Waals surface area contributed by atoms with E-state index in [-0.39, 0.29) is 17.2 Å². The van der Waals surface area contributed by atoms with E-state index in [4.69, 9.17) is 0 Å². The van der Waals surface area contributed by atoms with Gasteiger partial charge in [-0.2, -0.15) is 0 Å². The minimum atomic E-state index is -0.732. The topological polar surface area (TPSA) is 71.4 Å². The Labute approximate surface area is 156 Å². The van der Waals surface area contributed by atoms with E-state index in [9.17, 15) is 18.8 Å². The maximum absolute atomic E-state index is 13.8. The molecule has 2 amide bonds. The van der Waals surface area contributed by atoms with Crippen LogP contribution in [-0.4, -0.2) is 34.4 Å². The van der Waals surface area contributed by atoms with Crippen LogP contribution >= 0.6 is 0 Å². The minimum absolute atomic E-state index is 0.0496. The van der Waals surface area contributed by atoms with Crippen LogP contribution in [0.4, 0.5) is 10.1 Å². The lowest BCUT2D eigenvalue weighted by Gasteiger charge is -2.21. The largest absolute Gasteiger partial charge is 0.339 e. The number of anilines is 1. The standard InChI is InChI=1S/C20H22FN3O3/c1-23-13-14(19(26)24-10-6-2-3-7-11-24)12-17(20(23)27)22-18(25)15-8-4-5-9-16(15)21/h4-5,8-9,12-13H,2-3,6-7,10-11H2,1H3,(H,22,25). The van der Waals surface area contributed by atoms with Crippen molar-refractivity contribution in [2.24, 2.45) is 7.05 Å². The number of hydrogen-bond donors (Lipinski definition) is 1. The highest BCUT2D eigenvalue weighted by molar-refractivity contribution is 6.05. The second-order valence-corrected chi connectivity index (χ2v) is 6.70. The Morgan fingerprint density at radius 1 is 1.07 bits per heavy atom. The van der Waals surface area contributed by atoms with Crippen molar-refractivity contribution in [3.05, 3.63) is 63.8 Å². The number of likely N-dealkylation sites (tertiary alicyclic amines) is 1. The average molecular weight is 371 g/mol. The summed E-state index contributed by atoms with van der Waals surface area (Å²) in [5.74, 6) is -1.58. The summed E-state index contributed by atoms with van der Waals surface area (Å²) >= 11 is 0. The van der Waals surface area contributed by atoms with Gasteiger partial charge in [0.1, 0.15) is 11.5 Å². The molecule has 0 atom stereocenters. The van der Waals surface area contributed by atoms with Gasteiger partial charge in [-0.25, -0.2) is 4.39 Å². The van der Waals surface area contributed by atoms with Gasteiger partial charge in [0.2, 0.25) is 0 Å². The Bertz CT molecular complexity index is 915. The zero-order chi connectivity index (χ0) is 19.4. The SMILES string of the molecule is Cn1cc(C(=O)N2CCCCCC2)cc(NC(=O)c2ccccc2F)c1=O. The average Bonchev–Trinajstić information content (AvgIpc) is 2.94. The molecule has 2 aromatic rings. The summed E-state index contributed by atoms with van der Waals surface area (Å²) in [6.45, 7) is 1.36. The molecule has 0 aliphatic carbocycles. The number of carbonyl (C=O) groups is 2. The van der Waals surface area contributed by atoms with Crippen molar-refractivity contribution in [1.29, 1.82) is 0 Å². The van der Waals surface area contributed by atoms with Crippen molar-refractivity contribution in [1.82, 2.24) is 9.47 Å². The number of pyridine rings is 1. The maximum atomic E-state index is 13.8. The molecule has 0 bridgehead atoms. The third-order valence-electron chi connectivity index (χ3n) is 4.69. The first kappa shape index (κ1) is 18.8. The molecule has 1 aromatic carbocycles. The lowest BCUT2D eigenvalue weighted by molar-refractivity contribution is 0.0760. The van der Waals surface area contributed by atoms with Crippen molar-refractivity contribution in [3.8, 4) is 0 Å². The molecular formula is C20H22FN3O3. The molecule has 7 heteroatoms. The molecule has 0 spiro atoms. The highest BCUT2D eigenvalue weighted by atomic mass is 19.1. The van der Waals surface area contributed by atoms with Gasteiger partial charge in [-0.15, -0.1) is 0 Å². The lowest BCUT2D eigenvalue weighted by atomic mass is 10.2. The number of amides is 2. The number of benzene rings is 1. The van der Waals surface area contributed by atoms with Gasteiger partial charge in [0.15, 0.2) is 0 Å². The van der Waals surface area contributed by atoms with Crippen LogP contribution in [0.5, 0.6) is 0 Å². The van der Waals surface area contributed by atoms with Gasteiger partial charge < -0.3 is 14.8 Å². The summed E-state index contributed by atoms with van der Waals surface area (Å²) in [6.07, 6.45) is 5.57. The van der Waals surface area contributed by atoms with Crippen LogP contribution in [0.2, 0.25) is 0 Å². The maximum Gasteiger partial charge on any atom is 0.274 e. The first-order valence-electron chi connectivity index (χ1n) is 9.03. The molecule has 142 valence electrons. The minimum Gasteiger partial charge on any atom is -0.339 e. The molecule has 3 rings (SSSR count). The second-order valence-electron chi connectivity index (χ2n) is 6.70. The van der Waals surface area contributed by atoms with E-state index >= 15 is 0 Å². The molecule has 0 radical (unpaired) electrons. The van der Waals surface area contributed by atoms with Crippen LogP contribution in [0.15, 0.2) is 41.3 Å². The predicted molar refractivity (Wildman–Crippen MR) is 100 cm³/mol. The van der Waals surface area contributed by atoms with E-state index in [1.54, 1.807) is 4.90 Å². The van der Waals surface area contributed by atoms with Crippen molar-refractivity contribution in [2.45, 2.75) is 25.7 Å². The lowest BCUT2D eigenvalue weighted by Crippen LogP contribution is -2.33. The van der Waals surface area contributed by atoms with Crippen molar-refractivity contribution in [3.63, 3.8) is 0 Å². The highest BCUT2D eigenvalue weighted by Crippen LogP contribution is 2.15. The molecule has 6 nitrogen and oxygen atoms in total. The highest BCUT2D eigenvalue weighted by Gasteiger charge is 2.20. The van der Waals surface area contributed by atoms with Gasteiger partial charge in [-0.1, -0.05) is 25.0 Å². The number of hydrogen-bond acceptors (Lipinski definition) is 3. The Morgan fingerprint density at radius 3 is 2.41 bits per heavy atom. The van der Waals surface area contributed by atoms with Gasteiger partial charge >= 0.3 is 0 Å². The summed E-state index contributed by atoms with van der Waals surface area (Å²) in [6, 6.07) is 6.89. The van der Waals surface area contributed by atoms with Crippen LogP contribution in [0.3, 0.4) is 0 Å². The molecule has 0 unspecified atom stereocenters. The van der Waals surface area contributed by atoms with E-state index in [1.165, 1.54) is 48.1 Å². The third kappa shape index (κ3) is 4.24. The molecule has 2 heterocycles. The van der Waals surface area contributed by atoms with Crippen LogP contribution in [0, 0.1) is 5.82 Å². The molecule has 1 fully saturated rings. The van der Waals surface area contributed by atoms with Gasteiger partial charge in [-0.3, -0.25) is 14.4 Å². The summed E-state index contributed by atoms with van der Waals surface area (Å²) in [5.41, 5.74) is -0.356. The molecule has 27 heavy (non-hydrogen) atoms. The molecule has 1 saturated heterocycles. The van der Waals surface area contributed by atoms with Crippen LogP contribution in [0.1, 0.15) is 46.4 Å². The fourth-order valence-corrected chi connectivity index (χ4v) is 3.21. The van der Waals surface area contributed by atoms with E-state index in [2.05, 4.69) is 5.32 Å². The van der Waals surface area contributed by atoms with Crippen LogP contribution in [-0.2, 0) is 7.05 Å². The van der Waals surface area contributed by atoms with E-state index in [0.29, 0.717) is 18.7 Å². The van der Waals surface area contributed by atoms with Gasteiger partial charge in [-0.05, 0) is 31.0 Å². The van der Waals surface area contributed by atoms with Gasteiger partial charge in [0, 0.05) is 26.3 Å². The molecule has 1 aliphatic rings. The van der Waals surface area contributed by atoms with E-state index < -0.39 is 17.3 Å². The monoisotopic (exact) mass is 371 g/mol. The summed E-state index contributed by atoms with van der Waals surface area (Å²) in [5, 5.41) is 2.44. The second kappa shape index (κ2) is 8.16. The molecule has 1 aliphatic heterocycles. The van der Waals surface area contributed by atoms with Gasteiger partial charge in [0.05, 0.1) is 11.1 Å². The first-order chi connectivity index (χ1) is 13.0. The summed E-state index contributed by atoms with van der Waals surface area (Å²) in [7, 11) is 1.51. The summed E-state index contributed by atoms with van der Waals surface area (Å²) < 4.78 is 15.1. The first-order valence-corrected chi connectivity index (χ1v) is 9.03. The number of rotatable bonds is 3. The molecular weight excluding hydrogens is 349 g/mol. The molecule has 1 N–H and O–H groups in total. The number of carbonyl (C=O) groups excluding carboxylic acids is 2. The number of aromatic nitrogens is 1. The number of nitrogens with one attached hydrogen (secondary N) is 1. The van der Waals surface area contributed by atoms with Crippen molar-refractivity contribution in [2.75, 3.05) is 18.4 Å². The van der Waals surface area contributed by atoms with Gasteiger partial charge in [0.25, 0.3) is 17.4 Å². The zero-order valence-electron chi connectivity index (χ0n) is 15.2. The van der Waals surface area contributed by atoms with Crippen LogP contribution < -0.4 is 10.9 Å². The predicted octanol–water partition coefficient (Wildman–Crippen LogP) is 2.79. The number of aryl methyl sites for hydroxylation is 1. The zero-order valence-corrected chi connectivity index (χ0v) is 15.2. The normalized spacial score (nSPS) is 14.5. The smallest absolute Gasteiger partial charge is 0.274 e. The Balaban J connectivity index is 1.88. The number of halogens is 1. The Morgan fingerprint density at radius 2 is 1.74 bits per heavy atom. The quantitative estimate of drug-likeness (QED) is 0.902.